The molecule has 0 aliphatic heterocycles. The van der Waals surface area contributed by atoms with Gasteiger partial charge in [-0.05, 0) is 19.4 Å². The van der Waals surface area contributed by atoms with E-state index in [1.54, 1.807) is 24.7 Å². The van der Waals surface area contributed by atoms with Crippen LogP contribution in [0.5, 0.6) is 5.88 Å². The molecule has 184 valence electrons. The number of nitrogens with one attached hydrogen (secondary N) is 1. The van der Waals surface area contributed by atoms with Gasteiger partial charge in [-0.1, -0.05) is 30.3 Å². The quantitative estimate of drug-likeness (QED) is 0.205. The lowest BCUT2D eigenvalue weighted by Gasteiger charge is -2.23. The van der Waals surface area contributed by atoms with Gasteiger partial charge in [0.15, 0.2) is 11.2 Å². The second kappa shape index (κ2) is 11.9. The lowest BCUT2D eigenvalue weighted by Crippen LogP contribution is -2.34. The Balaban J connectivity index is 1.64. The molecule has 2 atom stereocenters. The SMILES string of the molecule is CCOC(=O)C(C)N[P@](=O)(COCCn1cnc2c(OC)nc(N)nc21)OCc1ccccc1. The van der Waals surface area contributed by atoms with Crippen LogP contribution >= 0.6 is 7.52 Å². The highest BCUT2D eigenvalue weighted by atomic mass is 31.2. The van der Waals surface area contributed by atoms with Crippen LogP contribution < -0.4 is 15.6 Å². The van der Waals surface area contributed by atoms with Crippen LogP contribution in [0.2, 0.25) is 0 Å². The zero-order valence-corrected chi connectivity index (χ0v) is 20.2. The van der Waals surface area contributed by atoms with E-state index >= 15 is 0 Å². The van der Waals surface area contributed by atoms with E-state index in [0.717, 1.165) is 5.56 Å². The minimum Gasteiger partial charge on any atom is -0.479 e. The fourth-order valence-corrected chi connectivity index (χ4v) is 4.71. The number of carbonyl (C=O) groups excluding carboxylic acids is 1. The van der Waals surface area contributed by atoms with Crippen LogP contribution in [0.1, 0.15) is 19.4 Å². The van der Waals surface area contributed by atoms with Crippen molar-refractivity contribution < 1.29 is 28.1 Å². The number of aromatic nitrogens is 4. The number of imidazole rings is 1. The third-order valence-corrected chi connectivity index (χ3v) is 6.54. The molecule has 3 rings (SSSR count). The Morgan fingerprint density at radius 2 is 2.03 bits per heavy atom. The number of methoxy groups -OCH3 is 1. The lowest BCUT2D eigenvalue weighted by molar-refractivity contribution is -0.144. The van der Waals surface area contributed by atoms with Gasteiger partial charge < -0.3 is 29.0 Å². The number of hydrogen-bond donors (Lipinski definition) is 2. The maximum Gasteiger partial charge on any atom is 0.323 e. The lowest BCUT2D eigenvalue weighted by atomic mass is 10.2. The number of nitrogens with two attached hydrogens (primary N) is 1. The Morgan fingerprint density at radius 3 is 2.74 bits per heavy atom. The summed E-state index contributed by atoms with van der Waals surface area (Å²) in [6, 6.07) is 8.46. The number of rotatable bonds is 13. The minimum atomic E-state index is -3.56. The molecule has 1 aromatic carbocycles. The molecule has 0 bridgehead atoms. The maximum absolute atomic E-state index is 13.5. The van der Waals surface area contributed by atoms with E-state index in [-0.39, 0.29) is 38.0 Å². The van der Waals surface area contributed by atoms with Crippen LogP contribution in [-0.4, -0.2) is 58.2 Å². The van der Waals surface area contributed by atoms with Gasteiger partial charge in [0.2, 0.25) is 11.8 Å². The first-order chi connectivity index (χ1) is 16.3. The zero-order valence-electron chi connectivity index (χ0n) is 19.3. The van der Waals surface area contributed by atoms with Gasteiger partial charge in [0.1, 0.15) is 12.4 Å². The second-order valence-corrected chi connectivity index (χ2v) is 9.40. The molecular weight excluding hydrogens is 463 g/mol. The van der Waals surface area contributed by atoms with Crippen LogP contribution in [0.3, 0.4) is 0 Å². The predicted octanol–water partition coefficient (Wildman–Crippen LogP) is 2.34. The maximum atomic E-state index is 13.5. The van der Waals surface area contributed by atoms with Gasteiger partial charge in [-0.25, -0.2) is 10.1 Å². The van der Waals surface area contributed by atoms with Crippen molar-refractivity contribution in [1.29, 1.82) is 0 Å². The molecule has 0 aliphatic carbocycles. The highest BCUT2D eigenvalue weighted by Gasteiger charge is 2.29. The fourth-order valence-electron chi connectivity index (χ4n) is 3.07. The van der Waals surface area contributed by atoms with Gasteiger partial charge in [0, 0.05) is 6.54 Å². The molecule has 0 radical (unpaired) electrons. The van der Waals surface area contributed by atoms with E-state index in [1.165, 1.54) is 7.11 Å². The van der Waals surface area contributed by atoms with E-state index in [9.17, 15) is 9.36 Å². The molecule has 3 aromatic rings. The molecule has 0 fully saturated rings. The summed E-state index contributed by atoms with van der Waals surface area (Å²) in [5.74, 6) is -0.191. The highest BCUT2D eigenvalue weighted by molar-refractivity contribution is 7.56. The normalized spacial score (nSPS) is 14.0. The molecule has 13 heteroatoms. The largest absolute Gasteiger partial charge is 0.479 e. The third kappa shape index (κ3) is 6.73. The van der Waals surface area contributed by atoms with Gasteiger partial charge in [-0.15, -0.1) is 0 Å². The third-order valence-electron chi connectivity index (χ3n) is 4.69. The molecule has 0 aliphatic rings. The van der Waals surface area contributed by atoms with Gasteiger partial charge >= 0.3 is 5.97 Å². The van der Waals surface area contributed by atoms with E-state index < -0.39 is 19.5 Å². The summed E-state index contributed by atoms with van der Waals surface area (Å²) in [4.78, 5) is 24.5. The summed E-state index contributed by atoms with van der Waals surface area (Å²) in [5, 5.41) is 2.75. The van der Waals surface area contributed by atoms with E-state index in [1.807, 2.05) is 30.3 Å². The number of nitrogen functional groups attached to an aromatic ring is 1. The molecule has 2 heterocycles. The van der Waals surface area contributed by atoms with Gasteiger partial charge in [0.25, 0.3) is 7.52 Å². The van der Waals surface area contributed by atoms with Crippen LogP contribution in [0.25, 0.3) is 11.2 Å². The van der Waals surface area contributed by atoms with Crippen LogP contribution in [-0.2, 0) is 36.5 Å². The molecular formula is C21H29N6O6P. The van der Waals surface area contributed by atoms with Crippen LogP contribution in [0, 0.1) is 0 Å². The number of benzene rings is 1. The summed E-state index contributed by atoms with van der Waals surface area (Å²) < 4.78 is 36.8. The Labute approximate surface area is 197 Å². The molecule has 12 nitrogen and oxygen atoms in total. The molecule has 34 heavy (non-hydrogen) atoms. The first-order valence-electron chi connectivity index (χ1n) is 10.7. The monoisotopic (exact) mass is 492 g/mol. The first kappa shape index (κ1) is 25.6. The van der Waals surface area contributed by atoms with Crippen molar-refractivity contribution in [3.8, 4) is 5.88 Å². The van der Waals surface area contributed by atoms with Crippen molar-refractivity contribution in [3.63, 3.8) is 0 Å². The molecule has 1 unspecified atom stereocenters. The number of carbonyl (C=O) groups is 1. The first-order valence-corrected chi connectivity index (χ1v) is 12.5. The summed E-state index contributed by atoms with van der Waals surface area (Å²) >= 11 is 0. The highest BCUT2D eigenvalue weighted by Crippen LogP contribution is 2.44. The molecule has 0 spiro atoms. The van der Waals surface area contributed by atoms with Crippen molar-refractivity contribution >= 4 is 30.6 Å². The topological polar surface area (TPSA) is 153 Å². The van der Waals surface area contributed by atoms with Crippen molar-refractivity contribution in [1.82, 2.24) is 24.6 Å². The standard InChI is InChI=1S/C21H29N6O6P/c1-4-32-20(28)15(2)26-34(29,33-12-16-8-6-5-7-9-16)14-31-11-10-27-13-23-17-18(27)24-21(22)25-19(17)30-3/h5-9,13,15H,4,10-12,14H2,1-3H3,(H,26,29)(H2,22,24,25)/t15?,34-/m0/s1. The summed E-state index contributed by atoms with van der Waals surface area (Å²) in [5.41, 5.74) is 7.54. The van der Waals surface area contributed by atoms with Crippen LogP contribution in [0.4, 0.5) is 5.95 Å². The second-order valence-electron chi connectivity index (χ2n) is 7.27. The number of anilines is 1. The van der Waals surface area contributed by atoms with Crippen LogP contribution in [0.15, 0.2) is 36.7 Å². The van der Waals surface area contributed by atoms with E-state index in [4.69, 9.17) is 24.5 Å². The molecule has 0 amide bonds. The Hall–Kier alpha value is -3.05. The molecule has 3 N–H and O–H groups in total. The molecule has 2 aromatic heterocycles. The average molecular weight is 492 g/mol. The Bertz CT molecular complexity index is 1140. The number of esters is 1. The van der Waals surface area contributed by atoms with Crippen molar-refractivity contribution in [2.45, 2.75) is 33.0 Å². The predicted molar refractivity (Wildman–Crippen MR) is 125 cm³/mol. The zero-order chi connectivity index (χ0) is 24.6. The number of hydrogen-bond acceptors (Lipinski definition) is 10. The minimum absolute atomic E-state index is 0.0583. The number of nitrogens with zero attached hydrogens (tertiary/aromatic N) is 4. The van der Waals surface area contributed by atoms with Crippen molar-refractivity contribution in [2.75, 3.05) is 32.4 Å². The van der Waals surface area contributed by atoms with Crippen molar-refractivity contribution in [2.24, 2.45) is 0 Å². The molecule has 0 saturated heterocycles. The average Bonchev–Trinajstić information content (AvgIpc) is 3.23. The van der Waals surface area contributed by atoms with E-state index in [0.29, 0.717) is 17.7 Å². The fraction of sp³-hybridized carbons (Fsp3) is 0.429. The van der Waals surface area contributed by atoms with E-state index in [2.05, 4.69) is 20.0 Å². The Kier molecular flexibility index (Phi) is 8.94. The summed E-state index contributed by atoms with van der Waals surface area (Å²) in [7, 11) is -2.08. The Morgan fingerprint density at radius 1 is 1.26 bits per heavy atom. The van der Waals surface area contributed by atoms with Crippen molar-refractivity contribution in [3.05, 3.63) is 42.2 Å². The summed E-state index contributed by atoms with van der Waals surface area (Å²) in [6.45, 7) is 4.09. The number of ether oxygens (including phenoxy) is 3. The summed E-state index contributed by atoms with van der Waals surface area (Å²) in [6.07, 6.45) is 1.31. The molecule has 0 saturated carbocycles. The van der Waals surface area contributed by atoms with Gasteiger partial charge in [-0.3, -0.25) is 9.36 Å². The van der Waals surface area contributed by atoms with Gasteiger partial charge in [0.05, 0.1) is 33.3 Å². The van der Waals surface area contributed by atoms with Gasteiger partial charge in [-0.2, -0.15) is 9.97 Å². The number of fused-ring (bicyclic) bond motifs is 1. The smallest absolute Gasteiger partial charge is 0.323 e.